The number of fused-ring (bicyclic) bond motifs is 1. The highest BCUT2D eigenvalue weighted by atomic mass is 16.2. The standard InChI is InChI=1S/C17H22N2O2/c1-12(2)13-5-3-6-14(11-13)18-10-8-16(20)19-9-4-7-15(19)17(18)21/h3,5-6,11-12,15H,4,7-10H2,1-2H3. The van der Waals surface area contributed by atoms with Gasteiger partial charge in [0.1, 0.15) is 6.04 Å². The Morgan fingerprint density at radius 3 is 2.76 bits per heavy atom. The number of benzene rings is 1. The summed E-state index contributed by atoms with van der Waals surface area (Å²) in [6.45, 7) is 5.51. The number of amides is 2. The second kappa shape index (κ2) is 5.51. The van der Waals surface area contributed by atoms with Gasteiger partial charge < -0.3 is 9.80 Å². The Bertz CT molecular complexity index is 568. The maximum absolute atomic E-state index is 12.8. The maximum Gasteiger partial charge on any atom is 0.249 e. The number of hydrogen-bond acceptors (Lipinski definition) is 2. The molecule has 4 nitrogen and oxygen atoms in total. The van der Waals surface area contributed by atoms with E-state index in [0.29, 0.717) is 18.9 Å². The minimum absolute atomic E-state index is 0.0826. The zero-order chi connectivity index (χ0) is 15.0. The molecule has 2 aliphatic heterocycles. The van der Waals surface area contributed by atoms with Crippen LogP contribution in [0.25, 0.3) is 0 Å². The van der Waals surface area contributed by atoms with Crippen LogP contribution in [0.15, 0.2) is 24.3 Å². The van der Waals surface area contributed by atoms with E-state index < -0.39 is 0 Å². The van der Waals surface area contributed by atoms with Gasteiger partial charge in [-0.25, -0.2) is 0 Å². The fourth-order valence-electron chi connectivity index (χ4n) is 3.27. The Morgan fingerprint density at radius 2 is 2.00 bits per heavy atom. The lowest BCUT2D eigenvalue weighted by Crippen LogP contribution is -2.43. The number of hydrogen-bond donors (Lipinski definition) is 0. The van der Waals surface area contributed by atoms with E-state index in [-0.39, 0.29) is 17.9 Å². The van der Waals surface area contributed by atoms with Gasteiger partial charge in [0.15, 0.2) is 0 Å². The number of carbonyl (C=O) groups excluding carboxylic acids is 2. The van der Waals surface area contributed by atoms with Crippen LogP contribution in [0.5, 0.6) is 0 Å². The average molecular weight is 286 g/mol. The average Bonchev–Trinajstić information content (AvgIpc) is 2.93. The van der Waals surface area contributed by atoms with Gasteiger partial charge in [0.2, 0.25) is 11.8 Å². The molecule has 0 bridgehead atoms. The van der Waals surface area contributed by atoms with Crippen molar-refractivity contribution in [3.63, 3.8) is 0 Å². The highest BCUT2D eigenvalue weighted by molar-refractivity contribution is 6.01. The molecule has 2 fully saturated rings. The van der Waals surface area contributed by atoms with Crippen LogP contribution in [0.2, 0.25) is 0 Å². The molecule has 2 heterocycles. The second-order valence-electron chi connectivity index (χ2n) is 6.23. The van der Waals surface area contributed by atoms with Crippen molar-refractivity contribution in [3.8, 4) is 0 Å². The summed E-state index contributed by atoms with van der Waals surface area (Å²) in [6, 6.07) is 7.89. The molecule has 1 atom stereocenters. The molecule has 1 unspecified atom stereocenters. The zero-order valence-electron chi connectivity index (χ0n) is 12.7. The smallest absolute Gasteiger partial charge is 0.249 e. The van der Waals surface area contributed by atoms with Crippen molar-refractivity contribution in [3.05, 3.63) is 29.8 Å². The Labute approximate surface area is 125 Å². The molecule has 21 heavy (non-hydrogen) atoms. The molecule has 2 amide bonds. The summed E-state index contributed by atoms with van der Waals surface area (Å²) in [5.41, 5.74) is 2.15. The Morgan fingerprint density at radius 1 is 1.19 bits per heavy atom. The fourth-order valence-corrected chi connectivity index (χ4v) is 3.27. The first-order valence-electron chi connectivity index (χ1n) is 7.78. The normalized spacial score (nSPS) is 22.7. The molecule has 0 saturated carbocycles. The first-order chi connectivity index (χ1) is 10.1. The minimum Gasteiger partial charge on any atom is -0.331 e. The summed E-state index contributed by atoms with van der Waals surface area (Å²) in [5.74, 6) is 0.629. The van der Waals surface area contributed by atoms with Crippen LogP contribution >= 0.6 is 0 Å². The zero-order valence-corrected chi connectivity index (χ0v) is 12.7. The Kier molecular flexibility index (Phi) is 3.70. The van der Waals surface area contributed by atoms with Gasteiger partial charge in [-0.15, -0.1) is 0 Å². The van der Waals surface area contributed by atoms with E-state index in [1.165, 1.54) is 5.56 Å². The summed E-state index contributed by atoms with van der Waals surface area (Å²) >= 11 is 0. The third kappa shape index (κ3) is 2.55. The van der Waals surface area contributed by atoms with Crippen molar-refractivity contribution < 1.29 is 9.59 Å². The first kappa shape index (κ1) is 14.1. The SMILES string of the molecule is CC(C)c1cccc(N2CCC(=O)N3CCCC3C2=O)c1. The van der Waals surface area contributed by atoms with E-state index in [1.807, 2.05) is 12.1 Å². The van der Waals surface area contributed by atoms with Crippen LogP contribution in [-0.2, 0) is 9.59 Å². The molecule has 1 aromatic carbocycles. The lowest BCUT2D eigenvalue weighted by atomic mass is 10.0. The van der Waals surface area contributed by atoms with Crippen LogP contribution in [0.4, 0.5) is 5.69 Å². The van der Waals surface area contributed by atoms with Crippen molar-refractivity contribution in [1.29, 1.82) is 0 Å². The van der Waals surface area contributed by atoms with Crippen molar-refractivity contribution in [2.45, 2.75) is 45.1 Å². The summed E-state index contributed by atoms with van der Waals surface area (Å²) in [7, 11) is 0. The van der Waals surface area contributed by atoms with Gasteiger partial charge in [-0.2, -0.15) is 0 Å². The van der Waals surface area contributed by atoms with Crippen molar-refractivity contribution in [1.82, 2.24) is 4.90 Å². The van der Waals surface area contributed by atoms with Crippen molar-refractivity contribution >= 4 is 17.5 Å². The van der Waals surface area contributed by atoms with Gasteiger partial charge in [-0.05, 0) is 36.5 Å². The van der Waals surface area contributed by atoms with E-state index in [9.17, 15) is 9.59 Å². The highest BCUT2D eigenvalue weighted by Crippen LogP contribution is 2.28. The van der Waals surface area contributed by atoms with Gasteiger partial charge in [0.25, 0.3) is 0 Å². The van der Waals surface area contributed by atoms with Crippen molar-refractivity contribution in [2.24, 2.45) is 0 Å². The van der Waals surface area contributed by atoms with Crippen LogP contribution in [0.1, 0.15) is 44.6 Å². The van der Waals surface area contributed by atoms with Gasteiger partial charge in [-0.1, -0.05) is 26.0 Å². The molecular weight excluding hydrogens is 264 g/mol. The number of nitrogens with zero attached hydrogens (tertiary/aromatic N) is 2. The van der Waals surface area contributed by atoms with E-state index in [1.54, 1.807) is 9.80 Å². The summed E-state index contributed by atoms with van der Waals surface area (Å²) in [5, 5.41) is 0. The van der Waals surface area contributed by atoms with Crippen LogP contribution in [0.3, 0.4) is 0 Å². The van der Waals surface area contributed by atoms with E-state index in [0.717, 1.165) is 25.1 Å². The predicted molar refractivity (Wildman–Crippen MR) is 82.2 cm³/mol. The van der Waals surface area contributed by atoms with E-state index >= 15 is 0 Å². The quantitative estimate of drug-likeness (QED) is 0.838. The predicted octanol–water partition coefficient (Wildman–Crippen LogP) is 2.54. The fraction of sp³-hybridized carbons (Fsp3) is 0.529. The summed E-state index contributed by atoms with van der Waals surface area (Å²) < 4.78 is 0. The van der Waals surface area contributed by atoms with E-state index in [4.69, 9.17) is 0 Å². The van der Waals surface area contributed by atoms with Gasteiger partial charge in [0, 0.05) is 25.2 Å². The molecular formula is C17H22N2O2. The Balaban J connectivity index is 1.92. The summed E-state index contributed by atoms with van der Waals surface area (Å²) in [6.07, 6.45) is 2.15. The lowest BCUT2D eigenvalue weighted by molar-refractivity contribution is -0.135. The lowest BCUT2D eigenvalue weighted by Gasteiger charge is -2.25. The van der Waals surface area contributed by atoms with Crippen molar-refractivity contribution in [2.75, 3.05) is 18.0 Å². The molecule has 2 aliphatic rings. The molecule has 0 aromatic heterocycles. The summed E-state index contributed by atoms with van der Waals surface area (Å²) in [4.78, 5) is 28.5. The van der Waals surface area contributed by atoms with Crippen LogP contribution in [0, 0.1) is 0 Å². The highest BCUT2D eigenvalue weighted by Gasteiger charge is 2.39. The van der Waals surface area contributed by atoms with Crippen LogP contribution < -0.4 is 4.90 Å². The molecule has 0 radical (unpaired) electrons. The third-order valence-corrected chi connectivity index (χ3v) is 4.52. The Hall–Kier alpha value is -1.84. The largest absolute Gasteiger partial charge is 0.331 e. The van der Waals surface area contributed by atoms with Gasteiger partial charge in [0.05, 0.1) is 0 Å². The monoisotopic (exact) mass is 286 g/mol. The van der Waals surface area contributed by atoms with E-state index in [2.05, 4.69) is 26.0 Å². The molecule has 1 aromatic rings. The molecule has 3 rings (SSSR count). The molecule has 4 heteroatoms. The first-order valence-corrected chi connectivity index (χ1v) is 7.78. The number of anilines is 1. The third-order valence-electron chi connectivity index (χ3n) is 4.52. The molecule has 2 saturated heterocycles. The topological polar surface area (TPSA) is 40.6 Å². The number of carbonyl (C=O) groups is 2. The van der Waals surface area contributed by atoms with Crippen LogP contribution in [-0.4, -0.2) is 35.8 Å². The number of rotatable bonds is 2. The van der Waals surface area contributed by atoms with Gasteiger partial charge in [-0.3, -0.25) is 9.59 Å². The van der Waals surface area contributed by atoms with Gasteiger partial charge >= 0.3 is 0 Å². The molecule has 0 aliphatic carbocycles. The second-order valence-corrected chi connectivity index (χ2v) is 6.23. The minimum atomic E-state index is -0.247. The molecule has 0 spiro atoms. The molecule has 112 valence electrons. The maximum atomic E-state index is 12.8. The molecule has 0 N–H and O–H groups in total.